The number of nitrogens with one attached hydrogen (secondary N) is 2. The molecule has 2 rings (SSSR count). The van der Waals surface area contributed by atoms with Gasteiger partial charge in [-0.3, -0.25) is 9.89 Å². The van der Waals surface area contributed by atoms with Gasteiger partial charge in [0.2, 0.25) is 0 Å². The number of morpholine rings is 1. The molecule has 0 spiro atoms. The fourth-order valence-corrected chi connectivity index (χ4v) is 3.76. The van der Waals surface area contributed by atoms with E-state index in [-0.39, 0.29) is 11.6 Å². The van der Waals surface area contributed by atoms with Crippen LogP contribution in [0.1, 0.15) is 32.3 Å². The highest BCUT2D eigenvalue weighted by molar-refractivity contribution is 5.79. The van der Waals surface area contributed by atoms with Gasteiger partial charge in [-0.2, -0.15) is 0 Å². The summed E-state index contributed by atoms with van der Waals surface area (Å²) in [6, 6.07) is 5.42. The first-order valence-corrected chi connectivity index (χ1v) is 10.2. The second kappa shape index (κ2) is 11.9. The Kier molecular flexibility index (Phi) is 9.50. The molecule has 0 aromatic heterocycles. The van der Waals surface area contributed by atoms with Crippen LogP contribution in [0.5, 0.6) is 5.75 Å². The second-order valence-electron chi connectivity index (χ2n) is 7.07. The van der Waals surface area contributed by atoms with Crippen molar-refractivity contribution in [1.29, 1.82) is 0 Å². The third-order valence-corrected chi connectivity index (χ3v) is 5.49. The number of halogens is 1. The molecule has 1 heterocycles. The van der Waals surface area contributed by atoms with Crippen molar-refractivity contribution in [3.63, 3.8) is 0 Å². The Labute approximate surface area is 168 Å². The summed E-state index contributed by atoms with van der Waals surface area (Å²) in [5.74, 6) is 1.25. The molecule has 2 N–H and O–H groups in total. The zero-order valence-electron chi connectivity index (χ0n) is 17.6. The van der Waals surface area contributed by atoms with Gasteiger partial charge in [-0.25, -0.2) is 4.39 Å². The second-order valence-corrected chi connectivity index (χ2v) is 7.07. The first kappa shape index (κ1) is 22.4. The quantitative estimate of drug-likeness (QED) is 0.498. The number of methoxy groups -OCH3 is 1. The summed E-state index contributed by atoms with van der Waals surface area (Å²) in [5, 5.41) is 6.73. The lowest BCUT2D eigenvalue weighted by Gasteiger charge is -2.39. The third-order valence-electron chi connectivity index (χ3n) is 5.49. The monoisotopic (exact) mass is 394 g/mol. The van der Waals surface area contributed by atoms with E-state index in [1.54, 1.807) is 13.1 Å². The molecule has 7 heteroatoms. The molecule has 0 radical (unpaired) electrons. The Morgan fingerprint density at radius 2 is 1.96 bits per heavy atom. The minimum absolute atomic E-state index is 0.254. The number of nitrogens with zero attached hydrogens (tertiary/aromatic N) is 2. The number of aliphatic imine (C=N–C) groups is 1. The lowest BCUT2D eigenvalue weighted by Crippen LogP contribution is -2.53. The van der Waals surface area contributed by atoms with E-state index in [9.17, 15) is 4.39 Å². The fourth-order valence-electron chi connectivity index (χ4n) is 3.76. The average Bonchev–Trinajstić information content (AvgIpc) is 2.73. The van der Waals surface area contributed by atoms with E-state index in [1.807, 2.05) is 6.07 Å². The zero-order chi connectivity index (χ0) is 20.4. The van der Waals surface area contributed by atoms with Gasteiger partial charge < -0.3 is 20.1 Å². The Balaban J connectivity index is 1.93. The van der Waals surface area contributed by atoms with E-state index >= 15 is 0 Å². The summed E-state index contributed by atoms with van der Waals surface area (Å²) in [6.45, 7) is 9.37. The van der Waals surface area contributed by atoms with E-state index in [4.69, 9.17) is 9.47 Å². The van der Waals surface area contributed by atoms with E-state index < -0.39 is 0 Å². The predicted molar refractivity (Wildman–Crippen MR) is 111 cm³/mol. The largest absolute Gasteiger partial charge is 0.494 e. The third kappa shape index (κ3) is 6.34. The first-order chi connectivity index (χ1) is 13.6. The highest BCUT2D eigenvalue weighted by Crippen LogP contribution is 2.20. The lowest BCUT2D eigenvalue weighted by molar-refractivity contribution is 0.00272. The van der Waals surface area contributed by atoms with E-state index in [2.05, 4.69) is 34.4 Å². The molecule has 28 heavy (non-hydrogen) atoms. The van der Waals surface area contributed by atoms with Crippen LogP contribution in [0.15, 0.2) is 23.2 Å². The van der Waals surface area contributed by atoms with Crippen LogP contribution in [0.3, 0.4) is 0 Å². The van der Waals surface area contributed by atoms with Crippen molar-refractivity contribution in [2.45, 2.75) is 39.3 Å². The number of guanidine groups is 1. The number of ether oxygens (including phenoxy) is 2. The first-order valence-electron chi connectivity index (χ1n) is 10.2. The number of rotatable bonds is 9. The fraction of sp³-hybridized carbons (Fsp3) is 0.667. The number of hydrogen-bond donors (Lipinski definition) is 2. The molecule has 1 aromatic rings. The molecule has 0 saturated carbocycles. The average molecular weight is 395 g/mol. The molecule has 0 aliphatic carbocycles. The molecule has 1 aliphatic heterocycles. The molecule has 1 unspecified atom stereocenters. The van der Waals surface area contributed by atoms with Crippen molar-refractivity contribution >= 4 is 5.96 Å². The molecular weight excluding hydrogens is 359 g/mol. The van der Waals surface area contributed by atoms with E-state index in [0.717, 1.165) is 57.2 Å². The highest BCUT2D eigenvalue weighted by Gasteiger charge is 2.27. The van der Waals surface area contributed by atoms with E-state index in [1.165, 1.54) is 13.2 Å². The van der Waals surface area contributed by atoms with Crippen molar-refractivity contribution in [3.05, 3.63) is 29.6 Å². The van der Waals surface area contributed by atoms with Gasteiger partial charge in [0.25, 0.3) is 0 Å². The van der Waals surface area contributed by atoms with Crippen LogP contribution < -0.4 is 15.4 Å². The molecule has 0 bridgehead atoms. The topological polar surface area (TPSA) is 58.1 Å². The standard InChI is InChI=1S/C21H35FN4O2/c1-5-17(6-2)19(26-9-11-28-12-10-26)15-25-21(23-3)24-14-16-7-8-20(27-4)18(22)13-16/h7-8,13,17,19H,5-6,9-12,14-15H2,1-4H3,(H2,23,24,25). The molecule has 158 valence electrons. The van der Waals surface area contributed by atoms with Gasteiger partial charge >= 0.3 is 0 Å². The van der Waals surface area contributed by atoms with Crippen LogP contribution in [-0.2, 0) is 11.3 Å². The van der Waals surface area contributed by atoms with Crippen molar-refractivity contribution < 1.29 is 13.9 Å². The van der Waals surface area contributed by atoms with Crippen molar-refractivity contribution in [1.82, 2.24) is 15.5 Å². The van der Waals surface area contributed by atoms with Crippen molar-refractivity contribution in [2.24, 2.45) is 10.9 Å². The molecule has 1 aromatic carbocycles. The molecule has 1 saturated heterocycles. The van der Waals surface area contributed by atoms with E-state index in [0.29, 0.717) is 18.5 Å². The molecule has 1 atom stereocenters. The van der Waals surface area contributed by atoms with Gasteiger partial charge in [-0.1, -0.05) is 32.8 Å². The highest BCUT2D eigenvalue weighted by atomic mass is 19.1. The van der Waals surface area contributed by atoms with Crippen LogP contribution in [0.2, 0.25) is 0 Å². The minimum atomic E-state index is -0.356. The van der Waals surface area contributed by atoms with Crippen molar-refractivity contribution in [3.8, 4) is 5.75 Å². The maximum absolute atomic E-state index is 13.9. The van der Waals surface area contributed by atoms with Crippen LogP contribution in [0.25, 0.3) is 0 Å². The summed E-state index contributed by atoms with van der Waals surface area (Å²) in [5.41, 5.74) is 0.839. The van der Waals surface area contributed by atoms with Crippen LogP contribution >= 0.6 is 0 Å². The summed E-state index contributed by atoms with van der Waals surface area (Å²) in [6.07, 6.45) is 2.30. The molecule has 6 nitrogen and oxygen atoms in total. The summed E-state index contributed by atoms with van der Waals surface area (Å²) in [7, 11) is 3.22. The minimum Gasteiger partial charge on any atom is -0.494 e. The summed E-state index contributed by atoms with van der Waals surface area (Å²) in [4.78, 5) is 6.85. The lowest BCUT2D eigenvalue weighted by atomic mass is 9.92. The van der Waals surface area contributed by atoms with Gasteiger partial charge in [0.05, 0.1) is 20.3 Å². The van der Waals surface area contributed by atoms with Crippen molar-refractivity contribution in [2.75, 3.05) is 47.0 Å². The molecule has 1 fully saturated rings. The van der Waals surface area contributed by atoms with Gasteiger partial charge in [0.15, 0.2) is 17.5 Å². The summed E-state index contributed by atoms with van der Waals surface area (Å²) < 4.78 is 24.4. The van der Waals surface area contributed by atoms with Gasteiger partial charge in [-0.05, 0) is 23.6 Å². The zero-order valence-corrected chi connectivity index (χ0v) is 17.6. The van der Waals surface area contributed by atoms with Gasteiger partial charge in [0.1, 0.15) is 0 Å². The normalized spacial score (nSPS) is 16.9. The van der Waals surface area contributed by atoms with Crippen LogP contribution in [-0.4, -0.2) is 63.9 Å². The smallest absolute Gasteiger partial charge is 0.191 e. The molecular formula is C21H35FN4O2. The van der Waals surface area contributed by atoms with Crippen LogP contribution in [0.4, 0.5) is 4.39 Å². The Hall–Kier alpha value is -1.86. The van der Waals surface area contributed by atoms with Gasteiger partial charge in [0, 0.05) is 39.3 Å². The Morgan fingerprint density at radius 3 is 2.54 bits per heavy atom. The summed E-state index contributed by atoms with van der Waals surface area (Å²) >= 11 is 0. The Bertz CT molecular complexity index is 616. The SMILES string of the molecule is CCC(CC)C(CNC(=NC)NCc1ccc(OC)c(F)c1)N1CCOCC1. The number of hydrogen-bond acceptors (Lipinski definition) is 4. The predicted octanol–water partition coefficient (Wildman–Crippen LogP) is 2.64. The molecule has 1 aliphatic rings. The van der Waals surface area contributed by atoms with Crippen LogP contribution in [0, 0.1) is 11.7 Å². The maximum Gasteiger partial charge on any atom is 0.191 e. The maximum atomic E-state index is 13.9. The van der Waals surface area contributed by atoms with Gasteiger partial charge in [-0.15, -0.1) is 0 Å². The molecule has 0 amide bonds. The number of benzene rings is 1. The Morgan fingerprint density at radius 1 is 1.25 bits per heavy atom.